The van der Waals surface area contributed by atoms with Gasteiger partial charge in [-0.3, -0.25) is 0 Å². The Hall–Kier alpha value is 0.210. The fourth-order valence-electron chi connectivity index (χ4n) is 0.568. The highest BCUT2D eigenvalue weighted by molar-refractivity contribution is 5.85. The number of ether oxygens (including phenoxy) is 1. The minimum absolute atomic E-state index is 0. The normalized spacial score (nSPS) is 17.0. The van der Waals surface area contributed by atoms with E-state index in [0.717, 1.165) is 19.6 Å². The zero-order valence-electron chi connectivity index (χ0n) is 5.51. The van der Waals surface area contributed by atoms with E-state index in [2.05, 4.69) is 0 Å². The molecule has 2 N–H and O–H groups in total. The Morgan fingerprint density at radius 3 is 2.56 bits per heavy atom. The van der Waals surface area contributed by atoms with Crippen molar-refractivity contribution >= 4 is 12.4 Å². The maximum Gasteiger partial charge on any atom is 0.0577 e. The second kappa shape index (κ2) is 5.03. The molecule has 1 saturated carbocycles. The van der Waals surface area contributed by atoms with Crippen LogP contribution >= 0.6 is 12.4 Å². The van der Waals surface area contributed by atoms with E-state index in [9.17, 15) is 0 Å². The fourth-order valence-corrected chi connectivity index (χ4v) is 0.568. The third kappa shape index (κ3) is 4.70. The third-order valence-electron chi connectivity index (χ3n) is 1.23. The molecule has 3 heteroatoms. The van der Waals surface area contributed by atoms with Crippen molar-refractivity contribution < 1.29 is 4.74 Å². The molecule has 2 nitrogen and oxygen atoms in total. The summed E-state index contributed by atoms with van der Waals surface area (Å²) in [5.74, 6) is 0. The minimum atomic E-state index is 0. The Bertz CT molecular complexity index is 66.1. The molecule has 0 unspecified atom stereocenters. The van der Waals surface area contributed by atoms with Crippen molar-refractivity contribution in [2.45, 2.75) is 25.4 Å². The summed E-state index contributed by atoms with van der Waals surface area (Å²) in [6.07, 6.45) is 4.15. The summed E-state index contributed by atoms with van der Waals surface area (Å²) >= 11 is 0. The van der Waals surface area contributed by atoms with Crippen molar-refractivity contribution in [1.82, 2.24) is 0 Å². The number of rotatable bonds is 4. The van der Waals surface area contributed by atoms with Gasteiger partial charge < -0.3 is 10.5 Å². The van der Waals surface area contributed by atoms with Crippen LogP contribution in [-0.2, 0) is 4.74 Å². The summed E-state index contributed by atoms with van der Waals surface area (Å²) in [6, 6.07) is 0. The summed E-state index contributed by atoms with van der Waals surface area (Å²) in [6.45, 7) is 1.62. The molecular formula is C6H14ClNO. The molecule has 0 spiro atoms. The van der Waals surface area contributed by atoms with Crippen LogP contribution in [0.3, 0.4) is 0 Å². The first-order chi connectivity index (χ1) is 3.93. The molecule has 0 aliphatic heterocycles. The van der Waals surface area contributed by atoms with Crippen LogP contribution in [0.25, 0.3) is 0 Å². The van der Waals surface area contributed by atoms with Gasteiger partial charge in [-0.15, -0.1) is 12.4 Å². The Balaban J connectivity index is 0.000000640. The van der Waals surface area contributed by atoms with Crippen LogP contribution in [0.5, 0.6) is 0 Å². The lowest BCUT2D eigenvalue weighted by molar-refractivity contribution is 0.119. The lowest BCUT2D eigenvalue weighted by Gasteiger charge is -1.96. The molecule has 0 aromatic heterocycles. The molecule has 0 saturated heterocycles. The second-order valence-electron chi connectivity index (χ2n) is 2.21. The maximum absolute atomic E-state index is 5.31. The van der Waals surface area contributed by atoms with Gasteiger partial charge >= 0.3 is 0 Å². The van der Waals surface area contributed by atoms with Gasteiger partial charge in [-0.1, -0.05) is 0 Å². The summed E-state index contributed by atoms with van der Waals surface area (Å²) in [4.78, 5) is 0. The summed E-state index contributed by atoms with van der Waals surface area (Å²) in [7, 11) is 0. The predicted octanol–water partition coefficient (Wildman–Crippen LogP) is 0.936. The highest BCUT2D eigenvalue weighted by Crippen LogP contribution is 2.23. The topological polar surface area (TPSA) is 35.2 Å². The van der Waals surface area contributed by atoms with Crippen LogP contribution in [0.4, 0.5) is 0 Å². The Morgan fingerprint density at radius 2 is 2.11 bits per heavy atom. The molecule has 0 amide bonds. The van der Waals surface area contributed by atoms with E-state index in [4.69, 9.17) is 10.5 Å². The van der Waals surface area contributed by atoms with E-state index in [0.29, 0.717) is 6.10 Å². The van der Waals surface area contributed by atoms with Crippen molar-refractivity contribution in [1.29, 1.82) is 0 Å². The molecular weight excluding hydrogens is 138 g/mol. The van der Waals surface area contributed by atoms with Gasteiger partial charge in [0.2, 0.25) is 0 Å². The van der Waals surface area contributed by atoms with Gasteiger partial charge in [0, 0.05) is 6.61 Å². The molecule has 1 aliphatic carbocycles. The molecule has 56 valence electrons. The average molecular weight is 152 g/mol. The van der Waals surface area contributed by atoms with E-state index >= 15 is 0 Å². The van der Waals surface area contributed by atoms with Crippen LogP contribution in [0.1, 0.15) is 19.3 Å². The monoisotopic (exact) mass is 151 g/mol. The summed E-state index contributed by atoms with van der Waals surface area (Å²) < 4.78 is 5.31. The quantitative estimate of drug-likeness (QED) is 0.607. The zero-order valence-corrected chi connectivity index (χ0v) is 6.32. The summed E-state index contributed by atoms with van der Waals surface area (Å²) in [5.41, 5.74) is 5.26. The minimum Gasteiger partial charge on any atom is -0.378 e. The molecule has 0 radical (unpaired) electrons. The Labute approximate surface area is 62.2 Å². The predicted molar refractivity (Wildman–Crippen MR) is 39.9 cm³/mol. The van der Waals surface area contributed by atoms with Crippen molar-refractivity contribution in [3.8, 4) is 0 Å². The standard InChI is InChI=1S/C6H13NO.ClH/c7-4-1-5-8-6-2-3-6;/h6H,1-5,7H2;1H. The highest BCUT2D eigenvalue weighted by atomic mass is 35.5. The lowest BCUT2D eigenvalue weighted by atomic mass is 10.5. The third-order valence-corrected chi connectivity index (χ3v) is 1.23. The van der Waals surface area contributed by atoms with Gasteiger partial charge in [0.15, 0.2) is 0 Å². The van der Waals surface area contributed by atoms with E-state index in [-0.39, 0.29) is 12.4 Å². The molecule has 1 aliphatic rings. The first-order valence-electron chi connectivity index (χ1n) is 3.25. The highest BCUT2D eigenvalue weighted by Gasteiger charge is 2.21. The second-order valence-corrected chi connectivity index (χ2v) is 2.21. The fraction of sp³-hybridized carbons (Fsp3) is 1.00. The molecule has 9 heavy (non-hydrogen) atoms. The molecule has 0 bridgehead atoms. The zero-order chi connectivity index (χ0) is 5.82. The van der Waals surface area contributed by atoms with Crippen LogP contribution in [0, 0.1) is 0 Å². The average Bonchev–Trinajstić information content (AvgIpc) is 2.51. The number of hydrogen-bond acceptors (Lipinski definition) is 2. The van der Waals surface area contributed by atoms with Gasteiger partial charge in [-0.25, -0.2) is 0 Å². The van der Waals surface area contributed by atoms with Gasteiger partial charge in [-0.2, -0.15) is 0 Å². The molecule has 0 heterocycles. The van der Waals surface area contributed by atoms with E-state index in [1.54, 1.807) is 0 Å². The van der Waals surface area contributed by atoms with Crippen LogP contribution in [-0.4, -0.2) is 19.3 Å². The summed E-state index contributed by atoms with van der Waals surface area (Å²) in [5, 5.41) is 0. The Morgan fingerprint density at radius 1 is 1.44 bits per heavy atom. The number of halogens is 1. The van der Waals surface area contributed by atoms with Crippen molar-refractivity contribution in [2.24, 2.45) is 5.73 Å². The van der Waals surface area contributed by atoms with Crippen LogP contribution < -0.4 is 5.73 Å². The molecule has 0 aromatic rings. The Kier molecular flexibility index (Phi) is 5.15. The molecule has 1 fully saturated rings. The van der Waals surface area contributed by atoms with E-state index in [1.165, 1.54) is 12.8 Å². The van der Waals surface area contributed by atoms with Crippen LogP contribution in [0.2, 0.25) is 0 Å². The maximum atomic E-state index is 5.31. The molecule has 0 atom stereocenters. The number of hydrogen-bond donors (Lipinski definition) is 1. The van der Waals surface area contributed by atoms with Crippen molar-refractivity contribution in [3.63, 3.8) is 0 Å². The molecule has 1 rings (SSSR count). The van der Waals surface area contributed by atoms with Crippen LogP contribution in [0.15, 0.2) is 0 Å². The van der Waals surface area contributed by atoms with E-state index in [1.807, 2.05) is 0 Å². The largest absolute Gasteiger partial charge is 0.378 e. The number of nitrogens with two attached hydrogens (primary N) is 1. The van der Waals surface area contributed by atoms with Crippen molar-refractivity contribution in [2.75, 3.05) is 13.2 Å². The SMILES string of the molecule is Cl.NCCCOC1CC1. The first kappa shape index (κ1) is 9.21. The first-order valence-corrected chi connectivity index (χ1v) is 3.25. The van der Waals surface area contributed by atoms with Gasteiger partial charge in [0.1, 0.15) is 0 Å². The smallest absolute Gasteiger partial charge is 0.0577 e. The van der Waals surface area contributed by atoms with Gasteiger partial charge in [0.05, 0.1) is 6.10 Å². The van der Waals surface area contributed by atoms with E-state index < -0.39 is 0 Å². The molecule has 0 aromatic carbocycles. The van der Waals surface area contributed by atoms with Crippen molar-refractivity contribution in [3.05, 3.63) is 0 Å². The van der Waals surface area contributed by atoms with Gasteiger partial charge in [0.25, 0.3) is 0 Å². The van der Waals surface area contributed by atoms with Gasteiger partial charge in [-0.05, 0) is 25.8 Å². The lowest BCUT2D eigenvalue weighted by Crippen LogP contribution is -2.04.